The van der Waals surface area contributed by atoms with E-state index in [0.717, 1.165) is 17.1 Å². The van der Waals surface area contributed by atoms with Crippen LogP contribution in [0.3, 0.4) is 0 Å². The molecule has 0 aliphatic carbocycles. The van der Waals surface area contributed by atoms with Gasteiger partial charge in [-0.3, -0.25) is 9.48 Å². The average Bonchev–Trinajstić information content (AvgIpc) is 3.10. The number of nitrogen functional groups attached to an aromatic ring is 1. The molecule has 0 saturated carbocycles. The molecular formula is C16H18N6O2. The average molecular weight is 326 g/mol. The van der Waals surface area contributed by atoms with E-state index in [2.05, 4.69) is 20.4 Å². The normalized spacial score (nSPS) is 10.8. The first-order chi connectivity index (χ1) is 11.4. The van der Waals surface area contributed by atoms with E-state index in [1.54, 1.807) is 16.8 Å². The SMILES string of the molecule is Cc1ccc(-c2cc(C(=O)NCc3cc(C)n(C)n3)nc(N)n2)o1. The Balaban J connectivity index is 1.78. The summed E-state index contributed by atoms with van der Waals surface area (Å²) in [5, 5.41) is 7.07. The van der Waals surface area contributed by atoms with E-state index in [-0.39, 0.29) is 17.5 Å². The van der Waals surface area contributed by atoms with Crippen LogP contribution in [0, 0.1) is 13.8 Å². The molecular weight excluding hydrogens is 308 g/mol. The molecule has 3 N–H and O–H groups in total. The van der Waals surface area contributed by atoms with Gasteiger partial charge in [0.15, 0.2) is 5.76 Å². The summed E-state index contributed by atoms with van der Waals surface area (Å²) in [7, 11) is 1.85. The summed E-state index contributed by atoms with van der Waals surface area (Å²) in [6.07, 6.45) is 0. The Morgan fingerprint density at radius 1 is 1.29 bits per heavy atom. The number of carbonyl (C=O) groups is 1. The fourth-order valence-corrected chi connectivity index (χ4v) is 2.26. The van der Waals surface area contributed by atoms with E-state index in [9.17, 15) is 4.79 Å². The van der Waals surface area contributed by atoms with Gasteiger partial charge < -0.3 is 15.5 Å². The number of anilines is 1. The fraction of sp³-hybridized carbons (Fsp3) is 0.250. The minimum absolute atomic E-state index is 0.0142. The maximum atomic E-state index is 12.3. The molecule has 124 valence electrons. The molecule has 3 rings (SSSR count). The molecule has 0 unspecified atom stereocenters. The van der Waals surface area contributed by atoms with Gasteiger partial charge in [-0.15, -0.1) is 0 Å². The molecule has 3 aromatic rings. The largest absolute Gasteiger partial charge is 0.460 e. The number of nitrogens with one attached hydrogen (secondary N) is 1. The molecule has 0 aromatic carbocycles. The molecule has 0 atom stereocenters. The van der Waals surface area contributed by atoms with E-state index in [0.29, 0.717) is 18.0 Å². The van der Waals surface area contributed by atoms with Gasteiger partial charge in [-0.25, -0.2) is 9.97 Å². The summed E-state index contributed by atoms with van der Waals surface area (Å²) in [6.45, 7) is 4.08. The summed E-state index contributed by atoms with van der Waals surface area (Å²) in [4.78, 5) is 20.4. The number of aromatic nitrogens is 4. The van der Waals surface area contributed by atoms with Crippen LogP contribution >= 0.6 is 0 Å². The first kappa shape index (κ1) is 15.7. The van der Waals surface area contributed by atoms with Gasteiger partial charge in [0.05, 0.1) is 12.2 Å². The lowest BCUT2D eigenvalue weighted by Crippen LogP contribution is -2.24. The van der Waals surface area contributed by atoms with Crippen molar-refractivity contribution in [2.75, 3.05) is 5.73 Å². The van der Waals surface area contributed by atoms with Crippen molar-refractivity contribution in [1.82, 2.24) is 25.1 Å². The van der Waals surface area contributed by atoms with Gasteiger partial charge in [0, 0.05) is 12.7 Å². The van der Waals surface area contributed by atoms with Crippen molar-refractivity contribution < 1.29 is 9.21 Å². The van der Waals surface area contributed by atoms with Crippen LogP contribution < -0.4 is 11.1 Å². The van der Waals surface area contributed by atoms with Crippen LogP contribution in [0.15, 0.2) is 28.7 Å². The summed E-state index contributed by atoms with van der Waals surface area (Å²) in [5.74, 6) is 0.951. The number of rotatable bonds is 4. The molecule has 0 bridgehead atoms. The van der Waals surface area contributed by atoms with Crippen LogP contribution in [-0.2, 0) is 13.6 Å². The Kier molecular flexibility index (Phi) is 4.03. The van der Waals surface area contributed by atoms with Crippen LogP contribution in [0.5, 0.6) is 0 Å². The lowest BCUT2D eigenvalue weighted by atomic mass is 10.2. The number of carbonyl (C=O) groups excluding carboxylic acids is 1. The second-order valence-electron chi connectivity index (χ2n) is 5.49. The van der Waals surface area contributed by atoms with Gasteiger partial charge in [-0.05, 0) is 38.1 Å². The van der Waals surface area contributed by atoms with Crippen molar-refractivity contribution in [3.63, 3.8) is 0 Å². The first-order valence-corrected chi connectivity index (χ1v) is 7.41. The monoisotopic (exact) mass is 326 g/mol. The van der Waals surface area contributed by atoms with Crippen molar-refractivity contribution in [2.45, 2.75) is 20.4 Å². The summed E-state index contributed by atoms with van der Waals surface area (Å²) >= 11 is 0. The Morgan fingerprint density at radius 3 is 2.71 bits per heavy atom. The highest BCUT2D eigenvalue weighted by Gasteiger charge is 2.14. The maximum Gasteiger partial charge on any atom is 0.270 e. The smallest absolute Gasteiger partial charge is 0.270 e. The number of aryl methyl sites for hydroxylation is 3. The van der Waals surface area contributed by atoms with Crippen molar-refractivity contribution in [2.24, 2.45) is 7.05 Å². The second kappa shape index (κ2) is 6.15. The van der Waals surface area contributed by atoms with Gasteiger partial charge in [-0.1, -0.05) is 0 Å². The number of nitrogens with two attached hydrogens (primary N) is 1. The number of nitrogens with zero attached hydrogens (tertiary/aromatic N) is 4. The highest BCUT2D eigenvalue weighted by atomic mass is 16.3. The third-order valence-corrected chi connectivity index (χ3v) is 3.56. The molecule has 0 aliphatic heterocycles. The van der Waals surface area contributed by atoms with E-state index in [1.807, 2.05) is 33.0 Å². The third-order valence-electron chi connectivity index (χ3n) is 3.56. The number of hydrogen-bond acceptors (Lipinski definition) is 6. The van der Waals surface area contributed by atoms with E-state index in [1.165, 1.54) is 0 Å². The van der Waals surface area contributed by atoms with Crippen molar-refractivity contribution in [3.05, 3.63) is 47.1 Å². The Bertz CT molecular complexity index is 876. The second-order valence-corrected chi connectivity index (χ2v) is 5.49. The molecule has 0 radical (unpaired) electrons. The highest BCUT2D eigenvalue weighted by Crippen LogP contribution is 2.21. The quantitative estimate of drug-likeness (QED) is 0.753. The lowest BCUT2D eigenvalue weighted by molar-refractivity contribution is 0.0945. The summed E-state index contributed by atoms with van der Waals surface area (Å²) in [6, 6.07) is 7.05. The topological polar surface area (TPSA) is 112 Å². The zero-order valence-electron chi connectivity index (χ0n) is 13.7. The summed E-state index contributed by atoms with van der Waals surface area (Å²) < 4.78 is 7.27. The minimum atomic E-state index is -0.350. The Labute approximate surface area is 138 Å². The van der Waals surface area contributed by atoms with Gasteiger partial charge in [-0.2, -0.15) is 5.10 Å². The van der Waals surface area contributed by atoms with Gasteiger partial charge in [0.25, 0.3) is 5.91 Å². The van der Waals surface area contributed by atoms with Crippen molar-refractivity contribution in [3.8, 4) is 11.5 Å². The first-order valence-electron chi connectivity index (χ1n) is 7.41. The fourth-order valence-electron chi connectivity index (χ4n) is 2.26. The van der Waals surface area contributed by atoms with Crippen LogP contribution in [-0.4, -0.2) is 25.7 Å². The van der Waals surface area contributed by atoms with E-state index < -0.39 is 0 Å². The van der Waals surface area contributed by atoms with Crippen LogP contribution in [0.2, 0.25) is 0 Å². The van der Waals surface area contributed by atoms with Crippen LogP contribution in [0.25, 0.3) is 11.5 Å². The molecule has 0 fully saturated rings. The molecule has 1 amide bonds. The molecule has 3 aromatic heterocycles. The number of hydrogen-bond donors (Lipinski definition) is 2. The zero-order valence-corrected chi connectivity index (χ0v) is 13.7. The van der Waals surface area contributed by atoms with Crippen molar-refractivity contribution >= 4 is 11.9 Å². The molecule has 0 saturated heterocycles. The van der Waals surface area contributed by atoms with Crippen molar-refractivity contribution in [1.29, 1.82) is 0 Å². The predicted octanol–water partition coefficient (Wildman–Crippen LogP) is 1.60. The van der Waals surface area contributed by atoms with Gasteiger partial charge >= 0.3 is 0 Å². The van der Waals surface area contributed by atoms with Crippen LogP contribution in [0.4, 0.5) is 5.95 Å². The highest BCUT2D eigenvalue weighted by molar-refractivity contribution is 5.93. The Morgan fingerprint density at radius 2 is 2.08 bits per heavy atom. The standard InChI is InChI=1S/C16H18N6O2/c1-9-6-11(21-22(9)3)8-18-15(23)13-7-12(19-16(17)20-13)14-5-4-10(2)24-14/h4-7H,8H2,1-3H3,(H,18,23)(H2,17,19,20). The molecule has 3 heterocycles. The number of furan rings is 1. The van der Waals surface area contributed by atoms with E-state index in [4.69, 9.17) is 10.2 Å². The van der Waals surface area contributed by atoms with Crippen LogP contribution in [0.1, 0.15) is 27.6 Å². The minimum Gasteiger partial charge on any atom is -0.460 e. The van der Waals surface area contributed by atoms with Gasteiger partial charge in [0.1, 0.15) is 17.1 Å². The van der Waals surface area contributed by atoms with E-state index >= 15 is 0 Å². The van der Waals surface area contributed by atoms with Gasteiger partial charge in [0.2, 0.25) is 5.95 Å². The lowest BCUT2D eigenvalue weighted by Gasteiger charge is -2.05. The third kappa shape index (κ3) is 3.27. The molecule has 0 aliphatic rings. The molecule has 24 heavy (non-hydrogen) atoms. The maximum absolute atomic E-state index is 12.3. The summed E-state index contributed by atoms with van der Waals surface area (Å²) in [5.41, 5.74) is 8.14. The molecule has 0 spiro atoms. The zero-order chi connectivity index (χ0) is 17.3. The number of amides is 1. The Hall–Kier alpha value is -3.16. The predicted molar refractivity (Wildman–Crippen MR) is 88.0 cm³/mol. The molecule has 8 nitrogen and oxygen atoms in total. The molecule has 8 heteroatoms.